The predicted octanol–water partition coefficient (Wildman–Crippen LogP) is 11.0. The fraction of sp³-hybridized carbons (Fsp3) is 0.742. The number of thioether (sulfide) groups is 2. The Hall–Kier alpha value is -0.300. The molecule has 0 bridgehead atoms. The summed E-state index contributed by atoms with van der Waals surface area (Å²) in [7, 11) is 0. The van der Waals surface area contributed by atoms with Crippen molar-refractivity contribution in [1.82, 2.24) is 0 Å². The van der Waals surface area contributed by atoms with Gasteiger partial charge in [0, 0.05) is 12.8 Å². The molecule has 2 nitrogen and oxygen atoms in total. The topological polar surface area (TPSA) is 34.1 Å². The number of rotatable bonds is 5. The first-order valence-corrected chi connectivity index (χ1v) is 17.4. The fourth-order valence-corrected chi connectivity index (χ4v) is 7.37. The van der Waals surface area contributed by atoms with Gasteiger partial charge in [-0.3, -0.25) is 9.59 Å². The summed E-state index contributed by atoms with van der Waals surface area (Å²) in [6.45, 7) is 0. The summed E-state index contributed by atoms with van der Waals surface area (Å²) in [6.07, 6.45) is 30.8. The van der Waals surface area contributed by atoms with Crippen LogP contribution in [0.4, 0.5) is 0 Å². The van der Waals surface area contributed by atoms with Crippen LogP contribution in [0, 0.1) is 0 Å². The number of hydrogen-bond acceptors (Lipinski definition) is 6. The van der Waals surface area contributed by atoms with Gasteiger partial charge in [0.15, 0.2) is 10.2 Å². The molecule has 0 atom stereocenters. The van der Waals surface area contributed by atoms with Crippen LogP contribution in [0.3, 0.4) is 0 Å². The number of carbonyl (C=O) groups is 2. The summed E-state index contributed by atoms with van der Waals surface area (Å²) >= 11 is 13.7. The molecule has 2 aliphatic rings. The Balaban J connectivity index is 1.77. The zero-order valence-corrected chi connectivity index (χ0v) is 26.1. The van der Waals surface area contributed by atoms with Gasteiger partial charge in [0.05, 0.1) is 8.39 Å². The van der Waals surface area contributed by atoms with Crippen LogP contribution in [0.15, 0.2) is 23.3 Å². The molecule has 6 heteroatoms. The zero-order valence-electron chi connectivity index (χ0n) is 22.9. The number of thiocarbonyl (C=S) groups is 2. The smallest absolute Gasteiger partial charge is 0.194 e. The van der Waals surface area contributed by atoms with Crippen molar-refractivity contribution >= 4 is 66.6 Å². The standard InChI is InChI=1S/C31H48O2S4/c32-28(36-30(34)26-20-16-12-8-4-1-2-5-9-13-17-21-26)24-25-29(33)37-31(35)27-22-18-14-10-6-3-7-11-15-19-23-27/h20,22H,1-19,21,23-25H2/b26-20+,27-22+. The Labute approximate surface area is 246 Å². The van der Waals surface area contributed by atoms with E-state index in [0.29, 0.717) is 8.39 Å². The Kier molecular flexibility index (Phi) is 19.1. The van der Waals surface area contributed by atoms with Crippen molar-refractivity contribution in [1.29, 1.82) is 0 Å². The maximum absolute atomic E-state index is 12.7. The SMILES string of the molecule is O=C(CCC(=O)SC(=S)/C1=C/CCCCCCCCCCC1)SC(=S)/C1=C/CCCCCCCCCC1. The lowest BCUT2D eigenvalue weighted by atomic mass is 10.0. The lowest BCUT2D eigenvalue weighted by Crippen LogP contribution is -2.06. The van der Waals surface area contributed by atoms with E-state index in [1.54, 1.807) is 0 Å². The van der Waals surface area contributed by atoms with Crippen LogP contribution in [0.5, 0.6) is 0 Å². The molecular weight excluding hydrogens is 533 g/mol. The molecule has 0 aromatic heterocycles. The zero-order chi connectivity index (χ0) is 26.6. The van der Waals surface area contributed by atoms with Gasteiger partial charge in [-0.15, -0.1) is 0 Å². The first-order valence-electron chi connectivity index (χ1n) is 14.9. The highest BCUT2D eigenvalue weighted by Crippen LogP contribution is 2.26. The first kappa shape index (κ1) is 32.9. The first-order chi connectivity index (χ1) is 18.1. The molecule has 0 fully saturated rings. The molecule has 37 heavy (non-hydrogen) atoms. The summed E-state index contributed by atoms with van der Waals surface area (Å²) in [5, 5.41) is -0.00270. The summed E-state index contributed by atoms with van der Waals surface area (Å²) in [4.78, 5) is 25.3. The van der Waals surface area contributed by atoms with Crippen LogP contribution in [0.2, 0.25) is 0 Å². The summed E-state index contributed by atoms with van der Waals surface area (Å²) in [5.74, 6) is 0. The van der Waals surface area contributed by atoms with Crippen LogP contribution in [-0.2, 0) is 9.59 Å². The minimum atomic E-state index is -0.00169. The second kappa shape index (κ2) is 21.5. The van der Waals surface area contributed by atoms with E-state index in [4.69, 9.17) is 24.4 Å². The second-order valence-corrected chi connectivity index (χ2v) is 14.0. The van der Waals surface area contributed by atoms with Crippen molar-refractivity contribution in [3.8, 4) is 0 Å². The molecule has 0 aromatic rings. The lowest BCUT2D eigenvalue weighted by Gasteiger charge is -2.11. The van der Waals surface area contributed by atoms with E-state index in [-0.39, 0.29) is 23.1 Å². The van der Waals surface area contributed by atoms with Crippen LogP contribution in [0.25, 0.3) is 0 Å². The van der Waals surface area contributed by atoms with E-state index < -0.39 is 0 Å². The van der Waals surface area contributed by atoms with Crippen LogP contribution in [0.1, 0.15) is 148 Å². The maximum Gasteiger partial charge on any atom is 0.194 e. The molecule has 0 aromatic carbocycles. The third-order valence-electron chi connectivity index (χ3n) is 7.30. The molecule has 0 saturated heterocycles. The fourth-order valence-electron chi connectivity index (χ4n) is 4.99. The van der Waals surface area contributed by atoms with Gasteiger partial charge in [-0.05, 0) is 86.0 Å². The second-order valence-electron chi connectivity index (χ2n) is 10.6. The highest BCUT2D eigenvalue weighted by molar-refractivity contribution is 8.34. The van der Waals surface area contributed by atoms with Gasteiger partial charge in [-0.2, -0.15) is 0 Å². The molecule has 0 radical (unpaired) electrons. The summed E-state index contributed by atoms with van der Waals surface area (Å²) < 4.78 is 1.43. The predicted molar refractivity (Wildman–Crippen MR) is 173 cm³/mol. The molecule has 0 heterocycles. The molecule has 0 aliphatic heterocycles. The Bertz CT molecular complexity index is 784. The van der Waals surface area contributed by atoms with E-state index in [2.05, 4.69) is 12.2 Å². The number of allylic oxidation sites excluding steroid dienone is 2. The molecule has 0 spiro atoms. The molecule has 0 saturated carbocycles. The molecule has 2 aliphatic carbocycles. The van der Waals surface area contributed by atoms with Gasteiger partial charge in [-0.1, -0.05) is 120 Å². The molecule has 0 N–H and O–H groups in total. The maximum atomic E-state index is 12.7. The van der Waals surface area contributed by atoms with Crippen LogP contribution < -0.4 is 0 Å². The largest absolute Gasteiger partial charge is 0.287 e. The van der Waals surface area contributed by atoms with Crippen molar-refractivity contribution in [3.05, 3.63) is 23.3 Å². The minimum absolute atomic E-state index is 0.00101. The molecule has 2 rings (SSSR count). The monoisotopic (exact) mass is 580 g/mol. The third-order valence-corrected chi connectivity index (χ3v) is 10.1. The Morgan fingerprint density at radius 1 is 0.514 bits per heavy atom. The molecular formula is C31H48O2S4. The number of carbonyl (C=O) groups excluding carboxylic acids is 2. The van der Waals surface area contributed by atoms with Gasteiger partial charge in [-0.25, -0.2) is 0 Å². The lowest BCUT2D eigenvalue weighted by molar-refractivity contribution is -0.115. The van der Waals surface area contributed by atoms with Crippen molar-refractivity contribution in [2.45, 2.75) is 148 Å². The van der Waals surface area contributed by atoms with Gasteiger partial charge < -0.3 is 0 Å². The average Bonchev–Trinajstić information content (AvgIpc) is 2.89. The van der Waals surface area contributed by atoms with E-state index in [1.165, 1.54) is 131 Å². The van der Waals surface area contributed by atoms with Gasteiger partial charge in [0.2, 0.25) is 0 Å². The van der Waals surface area contributed by atoms with Crippen molar-refractivity contribution in [3.63, 3.8) is 0 Å². The van der Waals surface area contributed by atoms with E-state index in [9.17, 15) is 9.59 Å². The van der Waals surface area contributed by atoms with E-state index >= 15 is 0 Å². The molecule has 208 valence electrons. The van der Waals surface area contributed by atoms with Crippen molar-refractivity contribution in [2.75, 3.05) is 0 Å². The number of hydrogen-bond donors (Lipinski definition) is 0. The molecule has 0 amide bonds. The minimum Gasteiger partial charge on any atom is -0.287 e. The normalized spacial score (nSPS) is 22.7. The van der Waals surface area contributed by atoms with Crippen LogP contribution >= 0.6 is 48.0 Å². The third kappa shape index (κ3) is 16.4. The van der Waals surface area contributed by atoms with Crippen molar-refractivity contribution < 1.29 is 9.59 Å². The van der Waals surface area contributed by atoms with Gasteiger partial charge in [0.1, 0.15) is 0 Å². The summed E-state index contributed by atoms with van der Waals surface area (Å²) in [6, 6.07) is 0. The Morgan fingerprint density at radius 2 is 0.811 bits per heavy atom. The molecule has 0 unspecified atom stereocenters. The van der Waals surface area contributed by atoms with Gasteiger partial charge in [0.25, 0.3) is 0 Å². The average molecular weight is 581 g/mol. The van der Waals surface area contributed by atoms with Gasteiger partial charge >= 0.3 is 0 Å². The Morgan fingerprint density at radius 3 is 1.16 bits per heavy atom. The van der Waals surface area contributed by atoms with E-state index in [1.807, 2.05) is 0 Å². The van der Waals surface area contributed by atoms with Crippen LogP contribution in [-0.4, -0.2) is 18.6 Å². The quantitative estimate of drug-likeness (QED) is 0.301. The highest BCUT2D eigenvalue weighted by atomic mass is 32.2. The summed E-state index contributed by atoms with van der Waals surface area (Å²) in [5.41, 5.74) is 2.34. The van der Waals surface area contributed by atoms with E-state index in [0.717, 1.165) is 38.5 Å². The highest BCUT2D eigenvalue weighted by Gasteiger charge is 2.16. The van der Waals surface area contributed by atoms with Crippen molar-refractivity contribution in [2.24, 2.45) is 0 Å².